The molecule has 1 atom stereocenters. The van der Waals surface area contributed by atoms with Gasteiger partial charge in [-0.15, -0.1) is 0 Å². The lowest BCUT2D eigenvalue weighted by molar-refractivity contribution is -0.136. The molecule has 1 fully saturated rings. The minimum absolute atomic E-state index is 0.153. The molecule has 0 aliphatic carbocycles. The molecule has 0 aromatic heterocycles. The molecule has 2 amide bonds. The number of likely N-dealkylation sites (tertiary alicyclic amines) is 1. The second-order valence-electron chi connectivity index (χ2n) is 5.51. The summed E-state index contributed by atoms with van der Waals surface area (Å²) in [7, 11) is 0. The Morgan fingerprint density at radius 2 is 1.94 bits per heavy atom. The quantitative estimate of drug-likeness (QED) is 0.272. The molecule has 1 rings (SSSR count). The van der Waals surface area contributed by atoms with E-state index in [0.717, 1.165) is 0 Å². The Bertz CT molecular complexity index is 405. The largest absolute Gasteiger partial charge is 0.409 e. The van der Waals surface area contributed by atoms with Crippen molar-refractivity contribution in [1.82, 2.24) is 4.90 Å². The Kier molecular flexibility index (Phi) is 3.54. The van der Waals surface area contributed by atoms with Gasteiger partial charge in [0.15, 0.2) is 5.84 Å². The number of rotatable bonds is 3. The van der Waals surface area contributed by atoms with Crippen LogP contribution in [0.4, 0.5) is 0 Å². The fourth-order valence-electron chi connectivity index (χ4n) is 1.97. The van der Waals surface area contributed by atoms with Gasteiger partial charge in [0.25, 0.3) is 0 Å². The number of amidine groups is 1. The molecule has 7 heteroatoms. The zero-order valence-electron chi connectivity index (χ0n) is 10.9. The Hall–Kier alpha value is -1.79. The van der Waals surface area contributed by atoms with Gasteiger partial charge in [0, 0.05) is 13.1 Å². The molecule has 1 aliphatic rings. The molecule has 1 heterocycles. The predicted molar refractivity (Wildman–Crippen MR) is 65.7 cm³/mol. The second kappa shape index (κ2) is 4.47. The summed E-state index contributed by atoms with van der Waals surface area (Å²) in [6.07, 6.45) is 0.528. The number of nitrogens with two attached hydrogens (primary N) is 2. The van der Waals surface area contributed by atoms with E-state index < -0.39 is 16.7 Å². The molecule has 0 aromatic carbocycles. The lowest BCUT2D eigenvalue weighted by atomic mass is 9.88. The normalized spacial score (nSPS) is 25.3. The standard InChI is InChI=1S/C11H20N4O3/c1-10(2,7(12)14-18)9(17)15-5-4-11(3,6-15)8(13)16/h18H,4-6H2,1-3H3,(H2,12,14)(H2,13,16). The van der Waals surface area contributed by atoms with Gasteiger partial charge in [0.2, 0.25) is 11.8 Å². The van der Waals surface area contributed by atoms with Gasteiger partial charge in [-0.25, -0.2) is 0 Å². The van der Waals surface area contributed by atoms with Gasteiger partial charge < -0.3 is 21.6 Å². The Labute approximate surface area is 106 Å². The maximum Gasteiger partial charge on any atom is 0.235 e. The first-order valence-corrected chi connectivity index (χ1v) is 5.72. The summed E-state index contributed by atoms with van der Waals surface area (Å²) >= 11 is 0. The third-order valence-electron chi connectivity index (χ3n) is 3.64. The monoisotopic (exact) mass is 256 g/mol. The first-order chi connectivity index (χ1) is 8.15. The average Bonchev–Trinajstić information content (AvgIpc) is 2.71. The molecule has 0 bridgehead atoms. The maximum absolute atomic E-state index is 12.3. The van der Waals surface area contributed by atoms with Crippen LogP contribution in [0, 0.1) is 10.8 Å². The van der Waals surface area contributed by atoms with E-state index in [9.17, 15) is 9.59 Å². The van der Waals surface area contributed by atoms with Crippen molar-refractivity contribution in [2.24, 2.45) is 27.5 Å². The van der Waals surface area contributed by atoms with Gasteiger partial charge in [-0.05, 0) is 27.2 Å². The van der Waals surface area contributed by atoms with E-state index in [2.05, 4.69) is 5.16 Å². The molecule has 5 N–H and O–H groups in total. The minimum Gasteiger partial charge on any atom is -0.409 e. The van der Waals surface area contributed by atoms with Crippen LogP contribution in [-0.2, 0) is 9.59 Å². The molecule has 102 valence electrons. The molecule has 7 nitrogen and oxygen atoms in total. The van der Waals surface area contributed by atoms with Crippen molar-refractivity contribution in [1.29, 1.82) is 0 Å². The lowest BCUT2D eigenvalue weighted by Crippen LogP contribution is -2.48. The number of carbonyl (C=O) groups is 2. The lowest BCUT2D eigenvalue weighted by Gasteiger charge is -2.29. The number of carbonyl (C=O) groups excluding carboxylic acids is 2. The van der Waals surface area contributed by atoms with E-state index in [1.165, 1.54) is 4.90 Å². The van der Waals surface area contributed by atoms with Gasteiger partial charge in [-0.2, -0.15) is 0 Å². The average molecular weight is 256 g/mol. The fourth-order valence-corrected chi connectivity index (χ4v) is 1.97. The molecule has 1 unspecified atom stereocenters. The van der Waals surface area contributed by atoms with Gasteiger partial charge in [-0.1, -0.05) is 5.16 Å². The highest BCUT2D eigenvalue weighted by molar-refractivity contribution is 6.06. The number of oxime groups is 1. The molecule has 0 saturated carbocycles. The van der Waals surface area contributed by atoms with E-state index in [0.29, 0.717) is 13.0 Å². The van der Waals surface area contributed by atoms with E-state index in [1.807, 2.05) is 0 Å². The van der Waals surface area contributed by atoms with Crippen molar-refractivity contribution in [3.05, 3.63) is 0 Å². The highest BCUT2D eigenvalue weighted by atomic mass is 16.4. The smallest absolute Gasteiger partial charge is 0.235 e. The van der Waals surface area contributed by atoms with Crippen LogP contribution in [-0.4, -0.2) is 40.8 Å². The third kappa shape index (κ3) is 2.25. The molecular formula is C11H20N4O3. The molecular weight excluding hydrogens is 236 g/mol. The SMILES string of the molecule is CC1(C(N)=O)CCN(C(=O)C(C)(C)C(N)=NO)C1. The second-order valence-corrected chi connectivity index (χ2v) is 5.51. The molecule has 1 saturated heterocycles. The van der Waals surface area contributed by atoms with E-state index in [1.54, 1.807) is 20.8 Å². The molecule has 0 aromatic rings. The van der Waals surface area contributed by atoms with Crippen LogP contribution in [0.5, 0.6) is 0 Å². The van der Waals surface area contributed by atoms with Crippen molar-refractivity contribution in [2.75, 3.05) is 13.1 Å². The van der Waals surface area contributed by atoms with Gasteiger partial charge in [0.05, 0.1) is 5.41 Å². The number of hydrogen-bond acceptors (Lipinski definition) is 4. The molecule has 0 spiro atoms. The van der Waals surface area contributed by atoms with Crippen molar-refractivity contribution in [3.8, 4) is 0 Å². The first kappa shape index (κ1) is 14.3. The van der Waals surface area contributed by atoms with E-state index >= 15 is 0 Å². The number of amides is 2. The van der Waals surface area contributed by atoms with Gasteiger partial charge >= 0.3 is 0 Å². The van der Waals surface area contributed by atoms with Gasteiger partial charge in [0.1, 0.15) is 5.41 Å². The zero-order chi connectivity index (χ0) is 14.1. The van der Waals surface area contributed by atoms with Gasteiger partial charge in [-0.3, -0.25) is 9.59 Å². The molecule has 1 aliphatic heterocycles. The Balaban J connectivity index is 2.87. The Morgan fingerprint density at radius 1 is 1.39 bits per heavy atom. The highest BCUT2D eigenvalue weighted by Gasteiger charge is 2.45. The number of hydrogen-bond donors (Lipinski definition) is 3. The fraction of sp³-hybridized carbons (Fsp3) is 0.727. The summed E-state index contributed by atoms with van der Waals surface area (Å²) in [6.45, 7) is 5.59. The van der Waals surface area contributed by atoms with Crippen LogP contribution in [0.15, 0.2) is 5.16 Å². The van der Waals surface area contributed by atoms with Crippen molar-refractivity contribution >= 4 is 17.6 Å². The summed E-state index contributed by atoms with van der Waals surface area (Å²) in [5, 5.41) is 11.6. The topological polar surface area (TPSA) is 122 Å². The zero-order valence-corrected chi connectivity index (χ0v) is 10.9. The highest BCUT2D eigenvalue weighted by Crippen LogP contribution is 2.32. The van der Waals surface area contributed by atoms with Crippen LogP contribution in [0.1, 0.15) is 27.2 Å². The van der Waals surface area contributed by atoms with Crippen LogP contribution >= 0.6 is 0 Å². The third-order valence-corrected chi connectivity index (χ3v) is 3.64. The summed E-state index contributed by atoms with van der Waals surface area (Å²) < 4.78 is 0. The Morgan fingerprint density at radius 3 is 2.33 bits per heavy atom. The first-order valence-electron chi connectivity index (χ1n) is 5.72. The number of primary amides is 1. The van der Waals surface area contributed by atoms with Crippen molar-refractivity contribution in [3.63, 3.8) is 0 Å². The minimum atomic E-state index is -1.10. The maximum atomic E-state index is 12.3. The van der Waals surface area contributed by atoms with E-state index in [4.69, 9.17) is 16.7 Å². The van der Waals surface area contributed by atoms with Crippen LogP contribution in [0.2, 0.25) is 0 Å². The van der Waals surface area contributed by atoms with Crippen molar-refractivity contribution < 1.29 is 14.8 Å². The summed E-state index contributed by atoms with van der Waals surface area (Å²) in [6, 6.07) is 0. The van der Waals surface area contributed by atoms with Crippen LogP contribution < -0.4 is 11.5 Å². The van der Waals surface area contributed by atoms with Crippen molar-refractivity contribution in [2.45, 2.75) is 27.2 Å². The summed E-state index contributed by atoms with van der Waals surface area (Å²) in [5.74, 6) is -0.845. The molecule has 0 radical (unpaired) electrons. The number of nitrogens with zero attached hydrogens (tertiary/aromatic N) is 2. The molecule has 18 heavy (non-hydrogen) atoms. The van der Waals surface area contributed by atoms with E-state index in [-0.39, 0.29) is 18.3 Å². The van der Waals surface area contributed by atoms with Crippen LogP contribution in [0.3, 0.4) is 0 Å². The van der Waals surface area contributed by atoms with Crippen LogP contribution in [0.25, 0.3) is 0 Å². The summed E-state index contributed by atoms with van der Waals surface area (Å²) in [5.41, 5.74) is 9.03. The summed E-state index contributed by atoms with van der Waals surface area (Å²) in [4.78, 5) is 25.1. The predicted octanol–water partition coefficient (Wildman–Crippen LogP) is -0.517.